The summed E-state index contributed by atoms with van der Waals surface area (Å²) in [6, 6.07) is 23.3. The Hall–Kier alpha value is -3.73. The SMILES string of the molecule is Cc1ccc([N+](=O)[O-])cc1NC(=O)/C(=C/c1ccccc1)c1ccccc1. The molecule has 0 aliphatic rings. The van der Waals surface area contributed by atoms with E-state index in [1.807, 2.05) is 60.7 Å². The molecule has 0 heterocycles. The quantitative estimate of drug-likeness (QED) is 0.299. The average Bonchev–Trinajstić information content (AvgIpc) is 2.69. The minimum absolute atomic E-state index is 0.0656. The number of hydrogen-bond acceptors (Lipinski definition) is 3. The molecule has 134 valence electrons. The monoisotopic (exact) mass is 358 g/mol. The van der Waals surface area contributed by atoms with Gasteiger partial charge < -0.3 is 5.32 Å². The third kappa shape index (κ3) is 4.46. The topological polar surface area (TPSA) is 72.2 Å². The standard InChI is InChI=1S/C22H18N2O3/c1-16-12-13-19(24(26)27)15-21(16)23-22(25)20(18-10-6-3-7-11-18)14-17-8-4-2-5-9-17/h2-15H,1H3,(H,23,25)/b20-14+. The number of benzene rings is 3. The highest BCUT2D eigenvalue weighted by atomic mass is 16.6. The van der Waals surface area contributed by atoms with Crippen molar-refractivity contribution in [2.75, 3.05) is 5.32 Å². The van der Waals surface area contributed by atoms with E-state index in [1.165, 1.54) is 12.1 Å². The van der Waals surface area contributed by atoms with E-state index in [-0.39, 0.29) is 11.6 Å². The molecule has 0 atom stereocenters. The van der Waals surface area contributed by atoms with Crippen LogP contribution in [-0.4, -0.2) is 10.8 Å². The van der Waals surface area contributed by atoms with E-state index in [9.17, 15) is 14.9 Å². The maximum atomic E-state index is 13.0. The van der Waals surface area contributed by atoms with Gasteiger partial charge in [0, 0.05) is 17.7 Å². The molecule has 0 bridgehead atoms. The van der Waals surface area contributed by atoms with Crippen LogP contribution in [0.15, 0.2) is 78.9 Å². The first kappa shape index (κ1) is 18.1. The zero-order valence-electron chi connectivity index (χ0n) is 14.8. The van der Waals surface area contributed by atoms with Gasteiger partial charge in [0.2, 0.25) is 0 Å². The van der Waals surface area contributed by atoms with Crippen molar-refractivity contribution in [2.24, 2.45) is 0 Å². The molecule has 0 saturated carbocycles. The van der Waals surface area contributed by atoms with E-state index in [2.05, 4.69) is 5.32 Å². The molecule has 3 aromatic carbocycles. The van der Waals surface area contributed by atoms with Gasteiger partial charge in [0.25, 0.3) is 11.6 Å². The summed E-state index contributed by atoms with van der Waals surface area (Å²) >= 11 is 0. The molecule has 0 aliphatic heterocycles. The molecule has 0 aliphatic carbocycles. The van der Waals surface area contributed by atoms with Gasteiger partial charge in [0.15, 0.2) is 0 Å². The molecule has 0 spiro atoms. The number of aryl methyl sites for hydroxylation is 1. The van der Waals surface area contributed by atoms with Gasteiger partial charge >= 0.3 is 0 Å². The maximum absolute atomic E-state index is 13.0. The number of nitrogens with zero attached hydrogens (tertiary/aromatic N) is 1. The van der Waals surface area contributed by atoms with Crippen molar-refractivity contribution >= 4 is 28.9 Å². The number of hydrogen-bond donors (Lipinski definition) is 1. The van der Waals surface area contributed by atoms with Crippen LogP contribution in [0.4, 0.5) is 11.4 Å². The van der Waals surface area contributed by atoms with Crippen molar-refractivity contribution in [3.63, 3.8) is 0 Å². The van der Waals surface area contributed by atoms with Crippen molar-refractivity contribution < 1.29 is 9.72 Å². The molecule has 1 N–H and O–H groups in total. The minimum atomic E-state index is -0.479. The predicted octanol–water partition coefficient (Wildman–Crippen LogP) is 5.08. The van der Waals surface area contributed by atoms with Crippen molar-refractivity contribution in [1.82, 2.24) is 0 Å². The number of nitro groups is 1. The molecular formula is C22H18N2O3. The highest BCUT2D eigenvalue weighted by molar-refractivity contribution is 6.29. The summed E-state index contributed by atoms with van der Waals surface area (Å²) in [6.45, 7) is 1.79. The molecule has 0 unspecified atom stereocenters. The van der Waals surface area contributed by atoms with Crippen LogP contribution in [0.5, 0.6) is 0 Å². The Morgan fingerprint density at radius 2 is 1.59 bits per heavy atom. The Labute approximate surface area is 157 Å². The van der Waals surface area contributed by atoms with Crippen LogP contribution >= 0.6 is 0 Å². The molecule has 3 rings (SSSR count). The van der Waals surface area contributed by atoms with Gasteiger partial charge in [-0.25, -0.2) is 0 Å². The first-order chi connectivity index (χ1) is 13.0. The lowest BCUT2D eigenvalue weighted by atomic mass is 10.0. The maximum Gasteiger partial charge on any atom is 0.271 e. The molecular weight excluding hydrogens is 340 g/mol. The summed E-state index contributed by atoms with van der Waals surface area (Å²) in [4.78, 5) is 23.6. The summed E-state index contributed by atoms with van der Waals surface area (Å²) in [5.74, 6) is -0.325. The van der Waals surface area contributed by atoms with Gasteiger partial charge in [-0.3, -0.25) is 14.9 Å². The number of non-ortho nitro benzene ring substituents is 1. The second-order valence-corrected chi connectivity index (χ2v) is 6.05. The van der Waals surface area contributed by atoms with Crippen molar-refractivity contribution in [3.05, 3.63) is 106 Å². The second kappa shape index (κ2) is 8.10. The van der Waals surface area contributed by atoms with Gasteiger partial charge in [-0.2, -0.15) is 0 Å². The number of rotatable bonds is 5. The Bertz CT molecular complexity index is 997. The van der Waals surface area contributed by atoms with Crippen molar-refractivity contribution in [1.29, 1.82) is 0 Å². The van der Waals surface area contributed by atoms with Gasteiger partial charge in [-0.05, 0) is 29.7 Å². The number of amides is 1. The highest BCUT2D eigenvalue weighted by Gasteiger charge is 2.15. The molecule has 3 aromatic rings. The van der Waals surface area contributed by atoms with Crippen LogP contribution in [-0.2, 0) is 4.79 Å². The second-order valence-electron chi connectivity index (χ2n) is 6.05. The molecule has 0 aromatic heterocycles. The third-order valence-electron chi connectivity index (χ3n) is 4.12. The van der Waals surface area contributed by atoms with Crippen LogP contribution in [0, 0.1) is 17.0 Å². The van der Waals surface area contributed by atoms with E-state index in [4.69, 9.17) is 0 Å². The fourth-order valence-electron chi connectivity index (χ4n) is 2.66. The lowest BCUT2D eigenvalue weighted by Crippen LogP contribution is -2.14. The van der Waals surface area contributed by atoms with E-state index in [0.717, 1.165) is 16.7 Å². The Kier molecular flexibility index (Phi) is 5.42. The number of carbonyl (C=O) groups is 1. The van der Waals surface area contributed by atoms with Crippen LogP contribution in [0.2, 0.25) is 0 Å². The van der Waals surface area contributed by atoms with E-state index >= 15 is 0 Å². The summed E-state index contributed by atoms with van der Waals surface area (Å²) in [6.07, 6.45) is 1.80. The lowest BCUT2D eigenvalue weighted by Gasteiger charge is -2.12. The zero-order valence-corrected chi connectivity index (χ0v) is 14.8. The lowest BCUT2D eigenvalue weighted by molar-refractivity contribution is -0.384. The number of nitrogens with one attached hydrogen (secondary N) is 1. The number of carbonyl (C=O) groups excluding carboxylic acids is 1. The Morgan fingerprint density at radius 3 is 2.22 bits per heavy atom. The zero-order chi connectivity index (χ0) is 19.2. The minimum Gasteiger partial charge on any atom is -0.321 e. The van der Waals surface area contributed by atoms with Gasteiger partial charge in [0.1, 0.15) is 0 Å². The van der Waals surface area contributed by atoms with E-state index in [1.54, 1.807) is 19.1 Å². The molecule has 1 amide bonds. The van der Waals surface area contributed by atoms with Gasteiger partial charge in [0.05, 0.1) is 10.6 Å². The van der Waals surface area contributed by atoms with Crippen molar-refractivity contribution in [2.45, 2.75) is 6.92 Å². The average molecular weight is 358 g/mol. The van der Waals surface area contributed by atoms with Crippen LogP contribution in [0.3, 0.4) is 0 Å². The Balaban J connectivity index is 1.99. The highest BCUT2D eigenvalue weighted by Crippen LogP contribution is 2.25. The molecule has 0 saturated heterocycles. The molecule has 0 fully saturated rings. The first-order valence-corrected chi connectivity index (χ1v) is 8.43. The van der Waals surface area contributed by atoms with Crippen molar-refractivity contribution in [3.8, 4) is 0 Å². The van der Waals surface area contributed by atoms with Gasteiger partial charge in [-0.15, -0.1) is 0 Å². The number of anilines is 1. The molecule has 0 radical (unpaired) electrons. The Morgan fingerprint density at radius 1 is 0.963 bits per heavy atom. The van der Waals surface area contributed by atoms with E-state index in [0.29, 0.717) is 11.3 Å². The normalized spacial score (nSPS) is 11.1. The first-order valence-electron chi connectivity index (χ1n) is 8.43. The smallest absolute Gasteiger partial charge is 0.271 e. The van der Waals surface area contributed by atoms with Gasteiger partial charge in [-0.1, -0.05) is 66.7 Å². The summed E-state index contributed by atoms with van der Waals surface area (Å²) < 4.78 is 0. The molecule has 5 nitrogen and oxygen atoms in total. The van der Waals surface area contributed by atoms with Crippen LogP contribution in [0.25, 0.3) is 11.6 Å². The summed E-state index contributed by atoms with van der Waals surface area (Å²) in [5, 5.41) is 13.8. The fraction of sp³-hybridized carbons (Fsp3) is 0.0455. The van der Waals surface area contributed by atoms with E-state index < -0.39 is 4.92 Å². The third-order valence-corrected chi connectivity index (χ3v) is 4.12. The largest absolute Gasteiger partial charge is 0.321 e. The molecule has 5 heteroatoms. The summed E-state index contributed by atoms with van der Waals surface area (Å²) in [7, 11) is 0. The van der Waals surface area contributed by atoms with Crippen LogP contribution in [0.1, 0.15) is 16.7 Å². The fourth-order valence-corrected chi connectivity index (χ4v) is 2.66. The summed E-state index contributed by atoms with van der Waals surface area (Å²) in [5.41, 5.74) is 3.24. The predicted molar refractivity (Wildman–Crippen MR) is 107 cm³/mol. The van der Waals surface area contributed by atoms with Crippen LogP contribution < -0.4 is 5.32 Å². The number of nitro benzene ring substituents is 1. The molecule has 27 heavy (non-hydrogen) atoms.